The van der Waals surface area contributed by atoms with Crippen LogP contribution in [0.4, 0.5) is 0 Å². The van der Waals surface area contributed by atoms with Crippen LogP contribution in [0, 0.1) is 5.92 Å². The minimum Gasteiger partial charge on any atom is -0.497 e. The number of hydrogen-bond donors (Lipinski definition) is 1. The molecule has 1 aliphatic heterocycles. The first-order valence-corrected chi connectivity index (χ1v) is 11.5. The monoisotopic (exact) mass is 483 g/mol. The van der Waals surface area contributed by atoms with Crippen LogP contribution in [0.25, 0.3) is 0 Å². The van der Waals surface area contributed by atoms with Crippen molar-refractivity contribution in [2.75, 3.05) is 47.5 Å². The Morgan fingerprint density at radius 2 is 1.31 bits per heavy atom. The molecule has 1 saturated heterocycles. The second kappa shape index (κ2) is 11.6. The van der Waals surface area contributed by atoms with Gasteiger partial charge in [-0.05, 0) is 36.2 Å². The molecule has 188 valence electrons. The van der Waals surface area contributed by atoms with Crippen LogP contribution in [0.1, 0.15) is 34.6 Å². The van der Waals surface area contributed by atoms with E-state index in [0.717, 1.165) is 0 Å². The van der Waals surface area contributed by atoms with Gasteiger partial charge in [0.25, 0.3) is 11.8 Å². The largest absolute Gasteiger partial charge is 0.497 e. The quantitative estimate of drug-likeness (QED) is 0.620. The molecule has 1 heterocycles. The highest BCUT2D eigenvalue weighted by atomic mass is 16.5. The van der Waals surface area contributed by atoms with Crippen LogP contribution < -0.4 is 19.5 Å². The molecule has 0 aromatic heterocycles. The van der Waals surface area contributed by atoms with Crippen LogP contribution in [0.15, 0.2) is 42.5 Å². The van der Waals surface area contributed by atoms with E-state index in [9.17, 15) is 14.4 Å². The first kappa shape index (κ1) is 25.9. The van der Waals surface area contributed by atoms with Gasteiger partial charge in [-0.3, -0.25) is 14.4 Å². The Kier molecular flexibility index (Phi) is 8.57. The number of hydrogen-bond acceptors (Lipinski definition) is 6. The number of carbonyl (C=O) groups excluding carboxylic acids is 3. The predicted molar refractivity (Wildman–Crippen MR) is 131 cm³/mol. The van der Waals surface area contributed by atoms with Crippen molar-refractivity contribution in [1.82, 2.24) is 15.1 Å². The number of nitrogens with one attached hydrogen (secondary N) is 1. The SMILES string of the molecule is COc1cc(OC)cc(C(=O)NC(C(=O)N2CCN(C(=O)c3cccc(OC)c3)CC2)C(C)C)c1. The summed E-state index contributed by atoms with van der Waals surface area (Å²) >= 11 is 0. The number of nitrogens with zero attached hydrogens (tertiary/aromatic N) is 2. The van der Waals surface area contributed by atoms with E-state index in [-0.39, 0.29) is 23.6 Å². The van der Waals surface area contributed by atoms with E-state index < -0.39 is 6.04 Å². The summed E-state index contributed by atoms with van der Waals surface area (Å²) in [5, 5.41) is 2.87. The molecule has 0 spiro atoms. The van der Waals surface area contributed by atoms with Crippen molar-refractivity contribution in [2.24, 2.45) is 5.92 Å². The Labute approximate surface area is 205 Å². The Morgan fingerprint density at radius 3 is 1.86 bits per heavy atom. The average Bonchev–Trinajstić information content (AvgIpc) is 2.90. The van der Waals surface area contributed by atoms with Gasteiger partial charge in [-0.1, -0.05) is 19.9 Å². The molecule has 3 rings (SSSR count). The lowest BCUT2D eigenvalue weighted by Crippen LogP contribution is -2.57. The van der Waals surface area contributed by atoms with Crippen molar-refractivity contribution in [3.63, 3.8) is 0 Å². The number of rotatable bonds is 8. The number of carbonyl (C=O) groups is 3. The van der Waals surface area contributed by atoms with Gasteiger partial charge in [0.15, 0.2) is 0 Å². The lowest BCUT2D eigenvalue weighted by atomic mass is 10.0. The van der Waals surface area contributed by atoms with Crippen molar-refractivity contribution in [3.05, 3.63) is 53.6 Å². The van der Waals surface area contributed by atoms with Crippen LogP contribution in [-0.2, 0) is 4.79 Å². The number of benzene rings is 2. The highest BCUT2D eigenvalue weighted by Gasteiger charge is 2.32. The molecule has 1 fully saturated rings. The minimum absolute atomic E-state index is 0.100. The van der Waals surface area contributed by atoms with Crippen LogP contribution in [0.5, 0.6) is 17.2 Å². The second-order valence-corrected chi connectivity index (χ2v) is 8.65. The summed E-state index contributed by atoms with van der Waals surface area (Å²) in [7, 11) is 4.58. The normalized spacial score (nSPS) is 14.3. The molecule has 0 bridgehead atoms. The van der Waals surface area contributed by atoms with E-state index in [2.05, 4.69) is 5.32 Å². The molecule has 1 N–H and O–H groups in total. The molecule has 35 heavy (non-hydrogen) atoms. The van der Waals surface area contributed by atoms with Crippen LogP contribution >= 0.6 is 0 Å². The fourth-order valence-electron chi connectivity index (χ4n) is 3.94. The molecule has 0 radical (unpaired) electrons. The summed E-state index contributed by atoms with van der Waals surface area (Å²) in [6, 6.07) is 11.2. The number of amides is 3. The molecule has 0 saturated carbocycles. The Balaban J connectivity index is 1.65. The van der Waals surface area contributed by atoms with Crippen LogP contribution in [0.3, 0.4) is 0 Å². The summed E-state index contributed by atoms with van der Waals surface area (Å²) in [5.41, 5.74) is 0.888. The fraction of sp³-hybridized carbons (Fsp3) is 0.423. The highest BCUT2D eigenvalue weighted by Crippen LogP contribution is 2.23. The van der Waals surface area contributed by atoms with Crippen molar-refractivity contribution in [3.8, 4) is 17.2 Å². The zero-order chi connectivity index (χ0) is 25.5. The number of piperazine rings is 1. The van der Waals surface area contributed by atoms with Gasteiger partial charge in [-0.2, -0.15) is 0 Å². The first-order valence-electron chi connectivity index (χ1n) is 11.5. The molecular weight excluding hydrogens is 450 g/mol. The van der Waals surface area contributed by atoms with Crippen molar-refractivity contribution >= 4 is 17.7 Å². The maximum Gasteiger partial charge on any atom is 0.254 e. The molecule has 1 atom stereocenters. The van der Waals surface area contributed by atoms with E-state index in [4.69, 9.17) is 14.2 Å². The van der Waals surface area contributed by atoms with Crippen LogP contribution in [0.2, 0.25) is 0 Å². The molecule has 9 nitrogen and oxygen atoms in total. The molecule has 1 unspecified atom stereocenters. The van der Waals surface area contributed by atoms with E-state index in [1.807, 2.05) is 13.8 Å². The van der Waals surface area contributed by atoms with Crippen molar-refractivity contribution < 1.29 is 28.6 Å². The van der Waals surface area contributed by atoms with E-state index in [1.165, 1.54) is 14.2 Å². The second-order valence-electron chi connectivity index (χ2n) is 8.65. The predicted octanol–water partition coefficient (Wildman–Crippen LogP) is 2.45. The van der Waals surface area contributed by atoms with E-state index in [1.54, 1.807) is 59.4 Å². The maximum absolute atomic E-state index is 13.3. The topological polar surface area (TPSA) is 97.4 Å². The lowest BCUT2D eigenvalue weighted by Gasteiger charge is -2.37. The van der Waals surface area contributed by atoms with Gasteiger partial charge >= 0.3 is 0 Å². The van der Waals surface area contributed by atoms with Gasteiger partial charge in [-0.15, -0.1) is 0 Å². The Morgan fingerprint density at radius 1 is 0.771 bits per heavy atom. The molecule has 3 amide bonds. The third-order valence-corrected chi connectivity index (χ3v) is 6.03. The zero-order valence-electron chi connectivity index (χ0n) is 20.9. The Hall–Kier alpha value is -3.75. The van der Waals surface area contributed by atoms with Gasteiger partial charge in [0.05, 0.1) is 21.3 Å². The van der Waals surface area contributed by atoms with E-state index in [0.29, 0.717) is 54.6 Å². The van der Waals surface area contributed by atoms with Crippen LogP contribution in [-0.4, -0.2) is 81.1 Å². The van der Waals surface area contributed by atoms with Gasteiger partial charge in [0, 0.05) is 43.4 Å². The maximum atomic E-state index is 13.3. The molecule has 9 heteroatoms. The Bertz CT molecular complexity index is 1040. The summed E-state index contributed by atoms with van der Waals surface area (Å²) in [4.78, 5) is 42.6. The molecule has 2 aromatic rings. The van der Waals surface area contributed by atoms with Crippen molar-refractivity contribution in [2.45, 2.75) is 19.9 Å². The molecule has 2 aromatic carbocycles. The third-order valence-electron chi connectivity index (χ3n) is 6.03. The third kappa shape index (κ3) is 6.23. The van der Waals surface area contributed by atoms with Gasteiger partial charge in [0.2, 0.25) is 5.91 Å². The van der Waals surface area contributed by atoms with Gasteiger partial charge in [0.1, 0.15) is 23.3 Å². The average molecular weight is 484 g/mol. The number of ether oxygens (including phenoxy) is 3. The smallest absolute Gasteiger partial charge is 0.254 e. The molecule has 0 aliphatic carbocycles. The molecular formula is C26H33N3O6. The minimum atomic E-state index is -0.708. The lowest BCUT2D eigenvalue weighted by molar-refractivity contribution is -0.135. The van der Waals surface area contributed by atoms with Gasteiger partial charge in [-0.25, -0.2) is 0 Å². The zero-order valence-corrected chi connectivity index (χ0v) is 20.9. The summed E-state index contributed by atoms with van der Waals surface area (Å²) in [5.74, 6) is 0.802. The van der Waals surface area contributed by atoms with E-state index >= 15 is 0 Å². The standard InChI is InChI=1S/C26H33N3O6/c1-17(2)23(27-24(30)19-14-21(34-4)16-22(15-19)35-5)26(32)29-11-9-28(10-12-29)25(31)18-7-6-8-20(13-18)33-3/h6-8,13-17,23H,9-12H2,1-5H3,(H,27,30). The number of methoxy groups -OCH3 is 3. The first-order chi connectivity index (χ1) is 16.8. The highest BCUT2D eigenvalue weighted by molar-refractivity contribution is 5.98. The summed E-state index contributed by atoms with van der Waals surface area (Å²) in [6.45, 7) is 5.37. The van der Waals surface area contributed by atoms with Gasteiger partial charge < -0.3 is 29.3 Å². The summed E-state index contributed by atoms with van der Waals surface area (Å²) in [6.07, 6.45) is 0. The fourth-order valence-corrected chi connectivity index (χ4v) is 3.94. The summed E-state index contributed by atoms with van der Waals surface area (Å²) < 4.78 is 15.7. The van der Waals surface area contributed by atoms with Crippen molar-refractivity contribution in [1.29, 1.82) is 0 Å². The molecule has 1 aliphatic rings.